The Morgan fingerprint density at radius 2 is 1.41 bits per heavy atom. The Morgan fingerprint density at radius 1 is 0.780 bits per heavy atom. The summed E-state index contributed by atoms with van der Waals surface area (Å²) in [4.78, 5) is 25.9. The minimum Gasteiger partial charge on any atom is -0.508 e. The first-order valence-electron chi connectivity index (χ1n) is 14.7. The number of carbonyl (C=O) groups is 1. The van der Waals surface area contributed by atoms with Crippen LogP contribution < -0.4 is 10.2 Å². The number of carbonyl (C=O) groups excluding carboxylic acids is 1. The second kappa shape index (κ2) is 16.4. The van der Waals surface area contributed by atoms with E-state index in [-0.39, 0.29) is 40.2 Å². The second-order valence-corrected chi connectivity index (χ2v) is 10.4. The van der Waals surface area contributed by atoms with Crippen molar-refractivity contribution >= 4 is 16.9 Å². The van der Waals surface area contributed by atoms with Crippen LogP contribution in [0.3, 0.4) is 0 Å². The van der Waals surface area contributed by atoms with Gasteiger partial charge in [0, 0.05) is 24.1 Å². The topological polar surface area (TPSA) is 137 Å². The Hall–Kier alpha value is -3.94. The number of ether oxygens (including phenoxy) is 1. The molecule has 0 atom stereocenters. The van der Waals surface area contributed by atoms with Crippen LogP contribution >= 0.6 is 0 Å². The predicted molar refractivity (Wildman–Crippen MR) is 160 cm³/mol. The van der Waals surface area contributed by atoms with Crippen molar-refractivity contribution in [2.45, 2.75) is 96.8 Å². The predicted octanol–water partition coefficient (Wildman–Crippen LogP) is 8.23. The summed E-state index contributed by atoms with van der Waals surface area (Å²) in [5.41, 5.74) is -0.776. The molecule has 0 radical (unpaired) electrons. The first-order valence-corrected chi connectivity index (χ1v) is 14.7. The molecule has 0 amide bonds. The average molecular weight is 567 g/mol. The van der Waals surface area contributed by atoms with E-state index in [4.69, 9.17) is 9.15 Å². The normalized spacial score (nSPS) is 11.4. The van der Waals surface area contributed by atoms with E-state index in [0.717, 1.165) is 56.7 Å². The zero-order chi connectivity index (χ0) is 29.6. The van der Waals surface area contributed by atoms with Crippen molar-refractivity contribution in [3.63, 3.8) is 0 Å². The number of benzene rings is 2. The summed E-state index contributed by atoms with van der Waals surface area (Å²) in [6.45, 7) is 2.23. The van der Waals surface area contributed by atoms with Crippen LogP contribution in [0.5, 0.6) is 28.7 Å². The summed E-state index contributed by atoms with van der Waals surface area (Å²) >= 11 is 0. The van der Waals surface area contributed by atoms with E-state index in [2.05, 4.69) is 19.1 Å². The molecule has 1 aromatic heterocycles. The van der Waals surface area contributed by atoms with Crippen molar-refractivity contribution in [1.82, 2.24) is 0 Å². The molecule has 3 aromatic rings. The molecule has 1 heterocycles. The lowest BCUT2D eigenvalue weighted by Gasteiger charge is -2.12. The van der Waals surface area contributed by atoms with Crippen LogP contribution in [0.25, 0.3) is 22.3 Å². The van der Waals surface area contributed by atoms with Gasteiger partial charge in [0.05, 0.1) is 0 Å². The zero-order valence-electron chi connectivity index (χ0n) is 23.9. The molecule has 8 heteroatoms. The summed E-state index contributed by atoms with van der Waals surface area (Å²) in [6, 6.07) is 5.87. The lowest BCUT2D eigenvalue weighted by molar-refractivity contribution is -0.134. The van der Waals surface area contributed by atoms with Gasteiger partial charge < -0.3 is 29.6 Å². The van der Waals surface area contributed by atoms with Gasteiger partial charge in [-0.25, -0.2) is 0 Å². The molecule has 0 fully saturated rings. The highest BCUT2D eigenvalue weighted by Gasteiger charge is 2.23. The van der Waals surface area contributed by atoms with E-state index in [9.17, 15) is 30.0 Å². The SMILES string of the molecule is CCCCCCCCC=CCCCCCCCC(=O)Oc1c(-c2ccc(O)c(O)c2)oc2cc(O)cc(O)c2c1=O. The van der Waals surface area contributed by atoms with Crippen LogP contribution in [0.4, 0.5) is 0 Å². The summed E-state index contributed by atoms with van der Waals surface area (Å²) in [5.74, 6) is -2.95. The smallest absolute Gasteiger partial charge is 0.311 e. The maximum Gasteiger partial charge on any atom is 0.311 e. The third kappa shape index (κ3) is 9.59. The van der Waals surface area contributed by atoms with Crippen molar-refractivity contribution in [3.05, 3.63) is 52.7 Å². The fraction of sp³-hybridized carbons (Fsp3) is 0.455. The standard InChI is InChI=1S/C33H42O8/c1-2-3-4-5-6-7-8-9-10-11-12-13-14-15-16-17-29(38)41-33-31(39)30-27(37)21-24(34)22-28(30)40-32(33)23-18-19-25(35)26(36)20-23/h9-10,18-22,34-37H,2-8,11-17H2,1H3. The molecule has 41 heavy (non-hydrogen) atoms. The van der Waals surface area contributed by atoms with Gasteiger partial charge in [0.25, 0.3) is 0 Å². The molecule has 0 aliphatic rings. The highest BCUT2D eigenvalue weighted by atomic mass is 16.5. The molecule has 0 saturated heterocycles. The third-order valence-electron chi connectivity index (χ3n) is 7.01. The van der Waals surface area contributed by atoms with E-state index >= 15 is 0 Å². The molecule has 0 saturated carbocycles. The number of hydrogen-bond acceptors (Lipinski definition) is 8. The van der Waals surface area contributed by atoms with Crippen LogP contribution in [0.1, 0.15) is 96.8 Å². The van der Waals surface area contributed by atoms with E-state index in [1.54, 1.807) is 0 Å². The van der Waals surface area contributed by atoms with Gasteiger partial charge in [-0.1, -0.05) is 70.4 Å². The minimum absolute atomic E-state index is 0.0947. The molecule has 4 N–H and O–H groups in total. The lowest BCUT2D eigenvalue weighted by Crippen LogP contribution is -2.16. The largest absolute Gasteiger partial charge is 0.508 e. The molecule has 0 unspecified atom stereocenters. The third-order valence-corrected chi connectivity index (χ3v) is 7.01. The van der Waals surface area contributed by atoms with Gasteiger partial charge in [0.2, 0.25) is 11.2 Å². The first kappa shape index (κ1) is 31.6. The van der Waals surface area contributed by atoms with Crippen LogP contribution in [-0.2, 0) is 4.79 Å². The van der Waals surface area contributed by atoms with Gasteiger partial charge >= 0.3 is 5.97 Å². The van der Waals surface area contributed by atoms with Crippen molar-refractivity contribution in [1.29, 1.82) is 0 Å². The number of phenols is 4. The van der Waals surface area contributed by atoms with Crippen LogP contribution in [0.15, 0.2) is 51.7 Å². The highest BCUT2D eigenvalue weighted by Crippen LogP contribution is 2.38. The van der Waals surface area contributed by atoms with Gasteiger partial charge in [-0.3, -0.25) is 9.59 Å². The van der Waals surface area contributed by atoms with Crippen LogP contribution in [0, 0.1) is 0 Å². The number of phenolic OH excluding ortho intramolecular Hbond substituents is 4. The maximum absolute atomic E-state index is 13.3. The van der Waals surface area contributed by atoms with Gasteiger partial charge in [-0.05, 0) is 50.3 Å². The molecule has 0 bridgehead atoms. The van der Waals surface area contributed by atoms with Crippen LogP contribution in [-0.4, -0.2) is 26.4 Å². The Bertz CT molecular complexity index is 1370. The van der Waals surface area contributed by atoms with Gasteiger partial charge in [0.15, 0.2) is 17.3 Å². The molecule has 0 aliphatic carbocycles. The van der Waals surface area contributed by atoms with Gasteiger partial charge in [0.1, 0.15) is 22.5 Å². The molecular weight excluding hydrogens is 524 g/mol. The zero-order valence-corrected chi connectivity index (χ0v) is 23.9. The molecular formula is C33H42O8. The monoisotopic (exact) mass is 566 g/mol. The lowest BCUT2D eigenvalue weighted by atomic mass is 10.1. The number of esters is 1. The Labute approximate surface area is 240 Å². The fourth-order valence-corrected chi connectivity index (χ4v) is 4.72. The highest BCUT2D eigenvalue weighted by molar-refractivity contribution is 5.89. The fourth-order valence-electron chi connectivity index (χ4n) is 4.72. The number of unbranched alkanes of at least 4 members (excludes halogenated alkanes) is 11. The number of fused-ring (bicyclic) bond motifs is 1. The van der Waals surface area contributed by atoms with Crippen LogP contribution in [0.2, 0.25) is 0 Å². The molecule has 222 valence electrons. The van der Waals surface area contributed by atoms with E-state index < -0.39 is 28.6 Å². The number of hydrogen-bond donors (Lipinski definition) is 4. The van der Waals surface area contributed by atoms with E-state index in [1.807, 2.05) is 0 Å². The van der Waals surface area contributed by atoms with E-state index in [1.165, 1.54) is 50.7 Å². The minimum atomic E-state index is -0.802. The van der Waals surface area contributed by atoms with Crippen molar-refractivity contribution in [3.8, 4) is 40.1 Å². The maximum atomic E-state index is 13.3. The number of aromatic hydroxyl groups is 4. The quantitative estimate of drug-likeness (QED) is 0.0555. The summed E-state index contributed by atoms with van der Waals surface area (Å²) in [6.07, 6.45) is 19.4. The average Bonchev–Trinajstić information content (AvgIpc) is 2.93. The Balaban J connectivity index is 1.51. The second-order valence-electron chi connectivity index (χ2n) is 10.4. The number of rotatable bonds is 17. The Kier molecular flexibility index (Phi) is 12.6. The van der Waals surface area contributed by atoms with Gasteiger partial charge in [-0.15, -0.1) is 0 Å². The number of allylic oxidation sites excluding steroid dienone is 2. The first-order chi connectivity index (χ1) is 19.8. The van der Waals surface area contributed by atoms with Crippen molar-refractivity contribution < 1.29 is 34.4 Å². The molecule has 2 aromatic carbocycles. The molecule has 3 rings (SSSR count). The summed E-state index contributed by atoms with van der Waals surface area (Å²) in [5, 5.41) is 39.4. The molecule has 0 spiro atoms. The van der Waals surface area contributed by atoms with Gasteiger partial charge in [-0.2, -0.15) is 0 Å². The van der Waals surface area contributed by atoms with Crippen molar-refractivity contribution in [2.75, 3.05) is 0 Å². The van der Waals surface area contributed by atoms with Crippen molar-refractivity contribution in [2.24, 2.45) is 0 Å². The molecule has 8 nitrogen and oxygen atoms in total. The summed E-state index contributed by atoms with van der Waals surface area (Å²) in [7, 11) is 0. The van der Waals surface area contributed by atoms with E-state index in [0.29, 0.717) is 6.42 Å². The molecule has 0 aliphatic heterocycles. The Morgan fingerprint density at radius 3 is 2.07 bits per heavy atom. The summed E-state index contributed by atoms with van der Waals surface area (Å²) < 4.78 is 11.2.